The third kappa shape index (κ3) is 3.21. The van der Waals surface area contributed by atoms with E-state index < -0.39 is 0 Å². The van der Waals surface area contributed by atoms with Crippen molar-refractivity contribution in [3.05, 3.63) is 22.8 Å². The molecular formula is C12H19N3O2. The van der Waals surface area contributed by atoms with Gasteiger partial charge in [-0.25, -0.2) is 9.97 Å². The van der Waals surface area contributed by atoms with Crippen molar-refractivity contribution in [2.45, 2.75) is 26.4 Å². The Hall–Kier alpha value is -1.04. The normalized spacial score (nSPS) is 14.0. The van der Waals surface area contributed by atoms with Crippen LogP contribution < -0.4 is 5.32 Å². The van der Waals surface area contributed by atoms with Crippen LogP contribution >= 0.6 is 0 Å². The van der Waals surface area contributed by atoms with E-state index in [4.69, 9.17) is 9.47 Å². The van der Waals surface area contributed by atoms with Crippen LogP contribution in [0.25, 0.3) is 0 Å². The van der Waals surface area contributed by atoms with Gasteiger partial charge in [0.1, 0.15) is 5.82 Å². The molecule has 0 radical (unpaired) electrons. The first-order valence-electron chi connectivity index (χ1n) is 5.94. The summed E-state index contributed by atoms with van der Waals surface area (Å²) in [5.41, 5.74) is 3.49. The highest BCUT2D eigenvalue weighted by molar-refractivity contribution is 5.28. The highest BCUT2D eigenvalue weighted by Crippen LogP contribution is 2.16. The van der Waals surface area contributed by atoms with Gasteiger partial charge in [0, 0.05) is 37.9 Å². The van der Waals surface area contributed by atoms with Crippen LogP contribution in [0.1, 0.15) is 22.8 Å². The van der Waals surface area contributed by atoms with E-state index in [0.717, 1.165) is 36.7 Å². The number of rotatable bonds is 6. The Labute approximate surface area is 102 Å². The molecule has 1 aromatic rings. The lowest BCUT2D eigenvalue weighted by Crippen LogP contribution is -2.09. The second-order valence-electron chi connectivity index (χ2n) is 4.11. The zero-order valence-corrected chi connectivity index (χ0v) is 10.5. The number of fused-ring (bicyclic) bond motifs is 1. The lowest BCUT2D eigenvalue weighted by Gasteiger charge is -2.06. The first-order valence-corrected chi connectivity index (χ1v) is 5.94. The Bertz CT molecular complexity index is 382. The number of aromatic nitrogens is 2. The van der Waals surface area contributed by atoms with Gasteiger partial charge >= 0.3 is 0 Å². The van der Waals surface area contributed by atoms with E-state index in [0.29, 0.717) is 19.8 Å². The first kappa shape index (κ1) is 12.4. The van der Waals surface area contributed by atoms with Crippen molar-refractivity contribution in [3.8, 4) is 0 Å². The van der Waals surface area contributed by atoms with E-state index in [1.807, 2.05) is 6.92 Å². The summed E-state index contributed by atoms with van der Waals surface area (Å²) in [7, 11) is 1.67. The number of nitrogens with zero attached hydrogens (tertiary/aromatic N) is 2. The molecule has 1 aromatic heterocycles. The quantitative estimate of drug-likeness (QED) is 0.734. The summed E-state index contributed by atoms with van der Waals surface area (Å²) in [5.74, 6) is 0.877. The van der Waals surface area contributed by atoms with Crippen LogP contribution in [0, 0.1) is 6.92 Å². The molecule has 1 aliphatic rings. The molecule has 94 valence electrons. The van der Waals surface area contributed by atoms with Gasteiger partial charge in [-0.2, -0.15) is 0 Å². The van der Waals surface area contributed by atoms with E-state index in [-0.39, 0.29) is 0 Å². The second-order valence-corrected chi connectivity index (χ2v) is 4.11. The molecule has 0 saturated heterocycles. The fourth-order valence-corrected chi connectivity index (χ4v) is 1.92. The fourth-order valence-electron chi connectivity index (χ4n) is 1.92. The Morgan fingerprint density at radius 1 is 1.18 bits per heavy atom. The molecule has 0 spiro atoms. The lowest BCUT2D eigenvalue weighted by molar-refractivity contribution is 0.0716. The largest absolute Gasteiger partial charge is 0.382 e. The summed E-state index contributed by atoms with van der Waals surface area (Å²) in [6.45, 7) is 5.70. The van der Waals surface area contributed by atoms with E-state index >= 15 is 0 Å². The molecule has 1 N–H and O–H groups in total. The molecule has 0 fully saturated rings. The van der Waals surface area contributed by atoms with Crippen molar-refractivity contribution >= 4 is 0 Å². The van der Waals surface area contributed by atoms with Crippen molar-refractivity contribution in [3.63, 3.8) is 0 Å². The molecule has 17 heavy (non-hydrogen) atoms. The standard InChI is InChI=1S/C12H19N3O2/c1-9-10-7-13-8-11(10)15-12(14-9)3-4-17-6-5-16-2/h13H,3-8H2,1-2H3. The number of hydrogen-bond donors (Lipinski definition) is 1. The maximum absolute atomic E-state index is 5.42. The van der Waals surface area contributed by atoms with Crippen LogP contribution in [0.15, 0.2) is 0 Å². The highest BCUT2D eigenvalue weighted by atomic mass is 16.5. The second kappa shape index (κ2) is 6.05. The minimum Gasteiger partial charge on any atom is -0.382 e. The Morgan fingerprint density at radius 3 is 2.88 bits per heavy atom. The maximum atomic E-state index is 5.42. The van der Waals surface area contributed by atoms with Gasteiger partial charge in [0.2, 0.25) is 0 Å². The topological polar surface area (TPSA) is 56.3 Å². The average Bonchev–Trinajstić information content (AvgIpc) is 2.77. The third-order valence-electron chi connectivity index (χ3n) is 2.84. The van der Waals surface area contributed by atoms with Crippen molar-refractivity contribution in [1.82, 2.24) is 15.3 Å². The monoisotopic (exact) mass is 237 g/mol. The van der Waals surface area contributed by atoms with Gasteiger partial charge in [-0.15, -0.1) is 0 Å². The van der Waals surface area contributed by atoms with Gasteiger partial charge in [0.15, 0.2) is 0 Å². The Kier molecular flexibility index (Phi) is 4.42. The molecule has 2 rings (SSSR count). The zero-order chi connectivity index (χ0) is 12.1. The van der Waals surface area contributed by atoms with Crippen molar-refractivity contribution in [1.29, 1.82) is 0 Å². The van der Waals surface area contributed by atoms with Crippen LogP contribution in [-0.4, -0.2) is 36.9 Å². The smallest absolute Gasteiger partial charge is 0.131 e. The highest BCUT2D eigenvalue weighted by Gasteiger charge is 2.16. The van der Waals surface area contributed by atoms with E-state index in [1.165, 1.54) is 5.56 Å². The van der Waals surface area contributed by atoms with Gasteiger partial charge in [-0.3, -0.25) is 0 Å². The average molecular weight is 237 g/mol. The van der Waals surface area contributed by atoms with Crippen LogP contribution in [0.2, 0.25) is 0 Å². The summed E-state index contributed by atoms with van der Waals surface area (Å²) in [4.78, 5) is 9.05. The van der Waals surface area contributed by atoms with Gasteiger partial charge in [0.25, 0.3) is 0 Å². The predicted octanol–water partition coefficient (Wildman–Crippen LogP) is 0.594. The van der Waals surface area contributed by atoms with Crippen LogP contribution in [0.3, 0.4) is 0 Å². The number of aryl methyl sites for hydroxylation is 1. The van der Waals surface area contributed by atoms with Crippen LogP contribution in [0.5, 0.6) is 0 Å². The van der Waals surface area contributed by atoms with Gasteiger partial charge in [-0.1, -0.05) is 0 Å². The molecule has 0 amide bonds. The van der Waals surface area contributed by atoms with Crippen LogP contribution in [0.4, 0.5) is 0 Å². The van der Waals surface area contributed by atoms with E-state index in [9.17, 15) is 0 Å². The minimum absolute atomic E-state index is 0.627. The molecule has 0 aliphatic carbocycles. The number of ether oxygens (including phenoxy) is 2. The van der Waals surface area contributed by atoms with Crippen molar-refractivity contribution < 1.29 is 9.47 Å². The molecule has 0 bridgehead atoms. The molecular weight excluding hydrogens is 218 g/mol. The summed E-state index contributed by atoms with van der Waals surface area (Å²) < 4.78 is 10.3. The molecule has 0 aromatic carbocycles. The lowest BCUT2D eigenvalue weighted by atomic mass is 10.2. The number of methoxy groups -OCH3 is 1. The Morgan fingerprint density at radius 2 is 2.06 bits per heavy atom. The van der Waals surface area contributed by atoms with Gasteiger partial charge in [0.05, 0.1) is 25.5 Å². The number of hydrogen-bond acceptors (Lipinski definition) is 5. The SMILES string of the molecule is COCCOCCc1nc(C)c2c(n1)CNC2. The summed E-state index contributed by atoms with van der Waals surface area (Å²) in [6, 6.07) is 0. The minimum atomic E-state index is 0.627. The van der Waals surface area contributed by atoms with E-state index in [2.05, 4.69) is 15.3 Å². The molecule has 1 aliphatic heterocycles. The molecule has 0 atom stereocenters. The third-order valence-corrected chi connectivity index (χ3v) is 2.84. The van der Waals surface area contributed by atoms with E-state index in [1.54, 1.807) is 7.11 Å². The first-order chi connectivity index (χ1) is 8.31. The van der Waals surface area contributed by atoms with Gasteiger partial charge < -0.3 is 14.8 Å². The molecule has 0 unspecified atom stereocenters. The molecule has 5 heteroatoms. The maximum Gasteiger partial charge on any atom is 0.131 e. The summed E-state index contributed by atoms with van der Waals surface area (Å²) in [5, 5.41) is 3.29. The predicted molar refractivity (Wildman–Crippen MR) is 63.7 cm³/mol. The summed E-state index contributed by atoms with van der Waals surface area (Å²) in [6.07, 6.45) is 0.762. The van der Waals surface area contributed by atoms with Gasteiger partial charge in [-0.05, 0) is 6.92 Å². The molecule has 2 heterocycles. The zero-order valence-electron chi connectivity index (χ0n) is 10.5. The van der Waals surface area contributed by atoms with Crippen molar-refractivity contribution in [2.75, 3.05) is 26.9 Å². The molecule has 5 nitrogen and oxygen atoms in total. The number of nitrogens with one attached hydrogen (secondary N) is 1. The fraction of sp³-hybridized carbons (Fsp3) is 0.667. The van der Waals surface area contributed by atoms with Crippen molar-refractivity contribution in [2.24, 2.45) is 0 Å². The van der Waals surface area contributed by atoms with Crippen LogP contribution in [-0.2, 0) is 29.0 Å². The summed E-state index contributed by atoms with van der Waals surface area (Å²) >= 11 is 0. The molecule has 0 saturated carbocycles. The Balaban J connectivity index is 1.87.